The summed E-state index contributed by atoms with van der Waals surface area (Å²) < 4.78 is 12.2. The molecule has 0 saturated carbocycles. The summed E-state index contributed by atoms with van der Waals surface area (Å²) in [5.41, 5.74) is 2.28. The number of likely N-dealkylation sites (N-methyl/N-ethyl adjacent to an activating group) is 1. The minimum Gasteiger partial charge on any atom is -0.493 e. The van der Waals surface area contributed by atoms with Gasteiger partial charge in [0.2, 0.25) is 0 Å². The lowest BCUT2D eigenvalue weighted by molar-refractivity contribution is -0.122. The number of aliphatic imine (C=N–C) groups is 1. The first-order valence-electron chi connectivity index (χ1n) is 11.2. The Morgan fingerprint density at radius 2 is 1.92 bits per heavy atom. The molecular formula is C27H22BrClN2O5S. The van der Waals surface area contributed by atoms with Crippen LogP contribution < -0.4 is 9.47 Å². The Labute approximate surface area is 231 Å². The van der Waals surface area contributed by atoms with Crippen LogP contribution >= 0.6 is 39.3 Å². The summed E-state index contributed by atoms with van der Waals surface area (Å²) in [5.74, 6) is -0.155. The van der Waals surface area contributed by atoms with Gasteiger partial charge in [-0.2, -0.15) is 0 Å². The number of carboxylic acid groups (broad SMARTS) is 1. The second-order valence-corrected chi connectivity index (χ2v) is 10.1. The van der Waals surface area contributed by atoms with E-state index in [9.17, 15) is 14.7 Å². The summed E-state index contributed by atoms with van der Waals surface area (Å²) in [6.07, 6.45) is 1.77. The SMILES string of the molecule is CCN1C(=O)/C(=C/c2cc(OC)c(OCc3ccc(Cl)cc3)cc2Br)SC1=Nc1cccc(C(=O)O)c1. The number of hydrogen-bond donors (Lipinski definition) is 1. The Hall–Kier alpha value is -3.27. The molecule has 1 aliphatic rings. The molecule has 3 aromatic rings. The van der Waals surface area contributed by atoms with Crippen molar-refractivity contribution in [2.75, 3.05) is 13.7 Å². The van der Waals surface area contributed by atoms with Crippen LogP contribution in [0.3, 0.4) is 0 Å². The Bertz CT molecular complexity index is 1410. The number of amidine groups is 1. The lowest BCUT2D eigenvalue weighted by Gasteiger charge is -2.13. The zero-order valence-electron chi connectivity index (χ0n) is 19.9. The molecule has 10 heteroatoms. The molecule has 1 N–H and O–H groups in total. The van der Waals surface area contributed by atoms with Crippen LogP contribution in [0.2, 0.25) is 5.02 Å². The lowest BCUT2D eigenvalue weighted by Crippen LogP contribution is -2.28. The van der Waals surface area contributed by atoms with Crippen molar-refractivity contribution in [1.29, 1.82) is 0 Å². The summed E-state index contributed by atoms with van der Waals surface area (Å²) in [5, 5.41) is 10.4. The maximum absolute atomic E-state index is 13.1. The number of ether oxygens (including phenoxy) is 2. The maximum Gasteiger partial charge on any atom is 0.335 e. The maximum atomic E-state index is 13.1. The third kappa shape index (κ3) is 6.36. The molecule has 0 radical (unpaired) electrons. The summed E-state index contributed by atoms with van der Waals surface area (Å²) in [4.78, 5) is 31.0. The van der Waals surface area contributed by atoms with Crippen molar-refractivity contribution < 1.29 is 24.2 Å². The minimum atomic E-state index is -1.04. The fraction of sp³-hybridized carbons (Fsp3) is 0.148. The number of halogens is 2. The number of amides is 1. The number of nitrogens with zero attached hydrogens (tertiary/aromatic N) is 2. The fourth-order valence-corrected chi connectivity index (χ4v) is 5.12. The van der Waals surface area contributed by atoms with E-state index in [-0.39, 0.29) is 11.5 Å². The van der Waals surface area contributed by atoms with Crippen LogP contribution in [0.1, 0.15) is 28.4 Å². The number of carboxylic acids is 1. The Morgan fingerprint density at radius 1 is 1.16 bits per heavy atom. The van der Waals surface area contributed by atoms with Gasteiger partial charge in [0.1, 0.15) is 6.61 Å². The molecule has 0 spiro atoms. The van der Waals surface area contributed by atoms with E-state index < -0.39 is 5.97 Å². The van der Waals surface area contributed by atoms with E-state index in [4.69, 9.17) is 21.1 Å². The van der Waals surface area contributed by atoms with Gasteiger partial charge >= 0.3 is 5.97 Å². The van der Waals surface area contributed by atoms with Gasteiger partial charge in [0, 0.05) is 16.0 Å². The summed E-state index contributed by atoms with van der Waals surface area (Å²) in [6.45, 7) is 2.61. The average Bonchev–Trinajstić information content (AvgIpc) is 3.18. The predicted molar refractivity (Wildman–Crippen MR) is 150 cm³/mol. The van der Waals surface area contributed by atoms with E-state index in [1.54, 1.807) is 54.5 Å². The highest BCUT2D eigenvalue weighted by molar-refractivity contribution is 9.10. The van der Waals surface area contributed by atoms with Gasteiger partial charge in [0.25, 0.3) is 5.91 Å². The van der Waals surface area contributed by atoms with Crippen molar-refractivity contribution in [3.63, 3.8) is 0 Å². The highest BCUT2D eigenvalue weighted by Gasteiger charge is 2.32. The second kappa shape index (κ2) is 11.9. The van der Waals surface area contributed by atoms with Gasteiger partial charge < -0.3 is 14.6 Å². The highest BCUT2D eigenvalue weighted by Crippen LogP contribution is 2.39. The quantitative estimate of drug-likeness (QED) is 0.279. The first kappa shape index (κ1) is 26.8. The smallest absolute Gasteiger partial charge is 0.335 e. The van der Waals surface area contributed by atoms with Crippen LogP contribution in [-0.2, 0) is 11.4 Å². The average molecular weight is 602 g/mol. The molecule has 1 fully saturated rings. The van der Waals surface area contributed by atoms with Crippen molar-refractivity contribution in [1.82, 2.24) is 4.90 Å². The second-order valence-electron chi connectivity index (χ2n) is 7.85. The number of thioether (sulfide) groups is 1. The lowest BCUT2D eigenvalue weighted by atomic mass is 10.1. The first-order valence-corrected chi connectivity index (χ1v) is 13.2. The summed E-state index contributed by atoms with van der Waals surface area (Å²) in [7, 11) is 1.56. The molecule has 0 aliphatic carbocycles. The standard InChI is InChI=1S/C27H22BrClN2O5S/c1-3-31-25(32)24(37-27(31)30-20-6-4-5-17(11-20)26(33)34)13-18-12-22(35-2)23(14-21(18)28)36-15-16-7-9-19(29)10-8-16/h4-14H,3,15H2,1-2H3,(H,33,34)/b24-13-,30-27?. The number of methoxy groups -OCH3 is 1. The zero-order chi connectivity index (χ0) is 26.5. The van der Waals surface area contributed by atoms with Gasteiger partial charge in [-0.3, -0.25) is 9.69 Å². The van der Waals surface area contributed by atoms with Gasteiger partial charge in [0.15, 0.2) is 16.7 Å². The van der Waals surface area contributed by atoms with E-state index in [0.29, 0.717) is 45.4 Å². The van der Waals surface area contributed by atoms with Crippen LogP contribution in [0.5, 0.6) is 11.5 Å². The Kier molecular flexibility index (Phi) is 8.58. The van der Waals surface area contributed by atoms with Gasteiger partial charge in [-0.15, -0.1) is 0 Å². The van der Waals surface area contributed by atoms with Crippen LogP contribution in [0.4, 0.5) is 5.69 Å². The van der Waals surface area contributed by atoms with E-state index in [0.717, 1.165) is 15.6 Å². The summed E-state index contributed by atoms with van der Waals surface area (Å²) in [6, 6.07) is 17.3. The van der Waals surface area contributed by atoms with Crippen LogP contribution in [0.15, 0.2) is 75.0 Å². The number of hydrogen-bond acceptors (Lipinski definition) is 6. The molecule has 3 aromatic carbocycles. The number of benzene rings is 3. The zero-order valence-corrected chi connectivity index (χ0v) is 23.1. The molecule has 7 nitrogen and oxygen atoms in total. The van der Waals surface area contributed by atoms with E-state index in [1.165, 1.54) is 23.9 Å². The third-order valence-corrected chi connectivity index (χ3v) is 7.34. The normalized spacial score (nSPS) is 15.5. The monoisotopic (exact) mass is 600 g/mol. The van der Waals surface area contributed by atoms with Gasteiger partial charge in [-0.05, 0) is 78.4 Å². The molecule has 190 valence electrons. The fourth-order valence-electron chi connectivity index (χ4n) is 3.51. The molecule has 1 saturated heterocycles. The third-order valence-electron chi connectivity index (χ3n) is 5.40. The Morgan fingerprint density at radius 3 is 2.59 bits per heavy atom. The predicted octanol–water partition coefficient (Wildman–Crippen LogP) is 7.01. The topological polar surface area (TPSA) is 88.4 Å². The van der Waals surface area contributed by atoms with Crippen LogP contribution in [0.25, 0.3) is 6.08 Å². The minimum absolute atomic E-state index is 0.129. The highest BCUT2D eigenvalue weighted by atomic mass is 79.9. The molecule has 0 bridgehead atoms. The van der Waals surface area contributed by atoms with E-state index in [2.05, 4.69) is 20.9 Å². The van der Waals surface area contributed by atoms with E-state index >= 15 is 0 Å². The molecular weight excluding hydrogens is 580 g/mol. The van der Waals surface area contributed by atoms with Crippen molar-refractivity contribution in [2.24, 2.45) is 4.99 Å². The molecule has 37 heavy (non-hydrogen) atoms. The first-order chi connectivity index (χ1) is 17.8. The molecule has 1 amide bonds. The number of aromatic carboxylic acids is 1. The number of rotatable bonds is 8. The van der Waals surface area contributed by atoms with Crippen LogP contribution in [0, 0.1) is 0 Å². The molecule has 1 aliphatic heterocycles. The van der Waals surface area contributed by atoms with Crippen molar-refractivity contribution in [3.8, 4) is 11.5 Å². The van der Waals surface area contributed by atoms with Crippen molar-refractivity contribution in [2.45, 2.75) is 13.5 Å². The van der Waals surface area contributed by atoms with Crippen LogP contribution in [-0.4, -0.2) is 40.7 Å². The van der Waals surface area contributed by atoms with Gasteiger partial charge in [-0.25, -0.2) is 9.79 Å². The largest absolute Gasteiger partial charge is 0.493 e. The van der Waals surface area contributed by atoms with Crippen molar-refractivity contribution in [3.05, 3.63) is 91.8 Å². The molecule has 1 heterocycles. The van der Waals surface area contributed by atoms with E-state index in [1.807, 2.05) is 19.1 Å². The molecule has 0 atom stereocenters. The van der Waals surface area contributed by atoms with Gasteiger partial charge in [0.05, 0.1) is 23.3 Å². The molecule has 4 rings (SSSR count). The molecule has 0 unspecified atom stereocenters. The van der Waals surface area contributed by atoms with Gasteiger partial charge in [-0.1, -0.05) is 45.7 Å². The summed E-state index contributed by atoms with van der Waals surface area (Å²) >= 11 is 10.8. The number of carbonyl (C=O) groups excluding carboxylic acids is 1. The molecule has 0 aromatic heterocycles. The Balaban J connectivity index is 1.59. The van der Waals surface area contributed by atoms with Crippen molar-refractivity contribution >= 4 is 68.1 Å². The number of carbonyl (C=O) groups is 2.